The van der Waals surface area contributed by atoms with Crippen LogP contribution >= 0.6 is 69.2 Å². The van der Waals surface area contributed by atoms with Crippen molar-refractivity contribution in [2.75, 3.05) is 11.5 Å². The van der Waals surface area contributed by atoms with Crippen LogP contribution < -0.4 is 9.64 Å². The zero-order chi connectivity index (χ0) is 19.6. The molecule has 1 heterocycles. The van der Waals surface area contributed by atoms with Crippen LogP contribution in [0, 0.1) is 26.4 Å². The van der Waals surface area contributed by atoms with Gasteiger partial charge in [0.25, 0.3) is 5.91 Å². The summed E-state index contributed by atoms with van der Waals surface area (Å²) in [6.07, 6.45) is 7.13. The van der Waals surface area contributed by atoms with E-state index in [0.29, 0.717) is 9.23 Å². The van der Waals surface area contributed by atoms with E-state index in [0.717, 1.165) is 29.7 Å². The zero-order valence-electron chi connectivity index (χ0n) is 14.2. The van der Waals surface area contributed by atoms with Crippen LogP contribution in [0.15, 0.2) is 41.3 Å². The van der Waals surface area contributed by atoms with Crippen molar-refractivity contribution in [2.45, 2.75) is 6.92 Å². The fraction of sp³-hybridized carbons (Fsp3) is 0.100. The smallest absolute Gasteiger partial charge is 0.270 e. The number of hydrogen-bond acceptors (Lipinski definition) is 4. The second-order valence-electron chi connectivity index (χ2n) is 5.66. The molecule has 0 bridgehead atoms. The lowest BCUT2D eigenvalue weighted by molar-refractivity contribution is -0.113. The summed E-state index contributed by atoms with van der Waals surface area (Å²) in [5.74, 6) is 3.13. The van der Waals surface area contributed by atoms with Crippen molar-refractivity contribution in [2.24, 2.45) is 0 Å². The van der Waals surface area contributed by atoms with Crippen LogP contribution in [0.1, 0.15) is 11.1 Å². The molecule has 136 valence electrons. The summed E-state index contributed by atoms with van der Waals surface area (Å²) in [4.78, 5) is 15.1. The number of benzene rings is 2. The first-order valence-electron chi connectivity index (χ1n) is 7.80. The van der Waals surface area contributed by atoms with E-state index in [-0.39, 0.29) is 12.5 Å². The van der Waals surface area contributed by atoms with E-state index in [9.17, 15) is 4.79 Å². The molecule has 0 radical (unpaired) electrons. The first-order valence-corrected chi connectivity index (χ1v) is 11.2. The first-order chi connectivity index (χ1) is 12.9. The Morgan fingerprint density at radius 2 is 1.89 bits per heavy atom. The molecule has 0 atom stereocenters. The number of thioether (sulfide) groups is 1. The number of halogens is 2. The second-order valence-corrected chi connectivity index (χ2v) is 9.66. The number of aryl methyl sites for hydroxylation is 1. The molecule has 2 aromatic carbocycles. The lowest BCUT2D eigenvalue weighted by Gasteiger charge is -2.14. The van der Waals surface area contributed by atoms with E-state index < -0.39 is 0 Å². The number of hydrogen-bond donors (Lipinski definition) is 0. The van der Waals surface area contributed by atoms with Gasteiger partial charge in [0.15, 0.2) is 4.32 Å². The number of ether oxygens (including phenoxy) is 1. The molecule has 1 aliphatic rings. The Morgan fingerprint density at radius 1 is 1.26 bits per heavy atom. The highest BCUT2D eigenvalue weighted by atomic mass is 127. The lowest BCUT2D eigenvalue weighted by atomic mass is 10.2. The third kappa shape index (κ3) is 4.67. The van der Waals surface area contributed by atoms with Gasteiger partial charge in [-0.1, -0.05) is 47.6 Å². The van der Waals surface area contributed by atoms with Crippen LogP contribution in [0.3, 0.4) is 0 Å². The van der Waals surface area contributed by atoms with Gasteiger partial charge >= 0.3 is 0 Å². The Labute approximate surface area is 195 Å². The number of nitrogens with zero attached hydrogens (tertiary/aromatic N) is 1. The van der Waals surface area contributed by atoms with Crippen molar-refractivity contribution in [1.82, 2.24) is 0 Å². The van der Waals surface area contributed by atoms with E-state index >= 15 is 0 Å². The Kier molecular flexibility index (Phi) is 6.83. The van der Waals surface area contributed by atoms with E-state index in [1.54, 1.807) is 4.90 Å². The predicted molar refractivity (Wildman–Crippen MR) is 133 cm³/mol. The molecule has 1 amide bonds. The van der Waals surface area contributed by atoms with Gasteiger partial charge < -0.3 is 4.74 Å². The Hall–Kier alpha value is -1.09. The molecule has 0 aromatic heterocycles. The number of amides is 1. The van der Waals surface area contributed by atoms with Gasteiger partial charge in [-0.2, -0.15) is 0 Å². The van der Waals surface area contributed by atoms with Crippen LogP contribution in [-0.2, 0) is 4.79 Å². The Bertz CT molecular complexity index is 971. The van der Waals surface area contributed by atoms with Crippen LogP contribution in [0.2, 0.25) is 0 Å². The summed E-state index contributed by atoms with van der Waals surface area (Å²) in [6, 6.07) is 11.7. The van der Waals surface area contributed by atoms with Crippen molar-refractivity contribution < 1.29 is 9.53 Å². The van der Waals surface area contributed by atoms with Gasteiger partial charge in [0.1, 0.15) is 12.4 Å². The van der Waals surface area contributed by atoms with Gasteiger partial charge in [0, 0.05) is 0 Å². The number of thiocarbonyl (C=S) groups is 1. The van der Waals surface area contributed by atoms with Gasteiger partial charge in [-0.3, -0.25) is 9.69 Å². The number of anilines is 1. The zero-order valence-corrected chi connectivity index (χ0v) is 20.1. The maximum absolute atomic E-state index is 12.9. The molecular formula is C20H13I2NO2S2. The second kappa shape index (κ2) is 8.94. The molecule has 27 heavy (non-hydrogen) atoms. The summed E-state index contributed by atoms with van der Waals surface area (Å²) in [6.45, 7) is 2.23. The SMILES string of the molecule is C#CCOc1c(I)cc(/C=C2/SC(=S)N(c3ccc(C)cc3)C2=O)cc1I. The van der Waals surface area contributed by atoms with Gasteiger partial charge in [-0.15, -0.1) is 6.42 Å². The minimum atomic E-state index is -0.105. The average molecular weight is 617 g/mol. The van der Waals surface area contributed by atoms with Crippen molar-refractivity contribution in [3.05, 3.63) is 59.6 Å². The van der Waals surface area contributed by atoms with Crippen molar-refractivity contribution >= 4 is 91.2 Å². The summed E-state index contributed by atoms with van der Waals surface area (Å²) in [7, 11) is 0. The average Bonchev–Trinajstić information content (AvgIpc) is 2.89. The number of carbonyl (C=O) groups is 1. The molecule has 0 unspecified atom stereocenters. The number of rotatable bonds is 4. The molecule has 0 spiro atoms. The summed E-state index contributed by atoms with van der Waals surface area (Å²) >= 11 is 11.2. The van der Waals surface area contributed by atoms with Gasteiger partial charge in [0.05, 0.1) is 17.7 Å². The van der Waals surface area contributed by atoms with Crippen molar-refractivity contribution in [1.29, 1.82) is 0 Å². The standard InChI is InChI=1S/C20H13I2NO2S2/c1-3-8-25-18-15(21)9-13(10-16(18)22)11-17-19(24)23(20(26)27-17)14-6-4-12(2)5-7-14/h1,4-7,9-11H,8H2,2H3/b17-11+. The van der Waals surface area contributed by atoms with Crippen LogP contribution in [0.25, 0.3) is 6.08 Å². The molecular weight excluding hydrogens is 604 g/mol. The Morgan fingerprint density at radius 3 is 2.48 bits per heavy atom. The number of carbonyl (C=O) groups excluding carboxylic acids is 1. The molecule has 3 nitrogen and oxygen atoms in total. The van der Waals surface area contributed by atoms with E-state index in [4.69, 9.17) is 23.4 Å². The van der Waals surface area contributed by atoms with Crippen LogP contribution in [0.5, 0.6) is 5.75 Å². The fourth-order valence-corrected chi connectivity index (χ4v) is 5.88. The van der Waals surface area contributed by atoms with Crippen LogP contribution in [0.4, 0.5) is 5.69 Å². The highest BCUT2D eigenvalue weighted by Gasteiger charge is 2.33. The van der Waals surface area contributed by atoms with E-state index in [1.165, 1.54) is 11.8 Å². The molecule has 0 saturated carbocycles. The Balaban J connectivity index is 1.90. The third-order valence-corrected chi connectivity index (χ3v) is 6.61. The molecule has 2 aromatic rings. The maximum Gasteiger partial charge on any atom is 0.270 e. The van der Waals surface area contributed by atoms with Crippen LogP contribution in [-0.4, -0.2) is 16.8 Å². The topological polar surface area (TPSA) is 29.5 Å². The van der Waals surface area contributed by atoms with Gasteiger partial charge in [-0.05, 0) is 88.0 Å². The molecule has 0 aliphatic carbocycles. The summed E-state index contributed by atoms with van der Waals surface area (Å²) in [5.41, 5.74) is 2.84. The molecule has 1 saturated heterocycles. The highest BCUT2D eigenvalue weighted by Crippen LogP contribution is 2.37. The van der Waals surface area contributed by atoms with Crippen molar-refractivity contribution in [3.8, 4) is 18.1 Å². The highest BCUT2D eigenvalue weighted by molar-refractivity contribution is 14.1. The minimum absolute atomic E-state index is 0.105. The minimum Gasteiger partial charge on any atom is -0.479 e. The predicted octanol–water partition coefficient (Wildman–Crippen LogP) is 5.62. The maximum atomic E-state index is 12.9. The monoisotopic (exact) mass is 617 g/mol. The third-order valence-electron chi connectivity index (χ3n) is 3.70. The molecule has 1 fully saturated rings. The van der Waals surface area contributed by atoms with E-state index in [2.05, 4.69) is 51.1 Å². The normalized spacial score (nSPS) is 15.3. The quantitative estimate of drug-likeness (QED) is 0.193. The first kappa shape index (κ1) is 20.6. The lowest BCUT2D eigenvalue weighted by Crippen LogP contribution is -2.27. The summed E-state index contributed by atoms with van der Waals surface area (Å²) in [5, 5.41) is 0. The largest absolute Gasteiger partial charge is 0.479 e. The van der Waals surface area contributed by atoms with Crippen molar-refractivity contribution in [3.63, 3.8) is 0 Å². The fourth-order valence-electron chi connectivity index (χ4n) is 2.45. The molecule has 0 N–H and O–H groups in total. The van der Waals surface area contributed by atoms with Gasteiger partial charge in [0.2, 0.25) is 0 Å². The molecule has 7 heteroatoms. The molecule has 3 rings (SSSR count). The number of terminal acetylenes is 1. The van der Waals surface area contributed by atoms with E-state index in [1.807, 2.05) is 49.4 Å². The van der Waals surface area contributed by atoms with Gasteiger partial charge in [-0.25, -0.2) is 0 Å². The summed E-state index contributed by atoms with van der Waals surface area (Å²) < 4.78 is 8.01. The molecule has 1 aliphatic heterocycles.